The van der Waals surface area contributed by atoms with E-state index < -0.39 is 0 Å². The second-order valence-corrected chi connectivity index (χ2v) is 8.58. The van der Waals surface area contributed by atoms with E-state index in [1.54, 1.807) is 0 Å². The van der Waals surface area contributed by atoms with Crippen LogP contribution in [0, 0.1) is 17.8 Å². The molecule has 0 spiro atoms. The van der Waals surface area contributed by atoms with Gasteiger partial charge in [-0.25, -0.2) is 4.98 Å². The number of nitrogens with one attached hydrogen (secondary N) is 1. The topological polar surface area (TPSA) is 63.7 Å². The Hall–Kier alpha value is -1.66. The number of ether oxygens (including phenoxy) is 2. The van der Waals surface area contributed by atoms with E-state index in [0.717, 1.165) is 44.1 Å². The number of pyridine rings is 1. The normalized spacial score (nSPS) is 25.7. The fourth-order valence-corrected chi connectivity index (χ4v) is 4.24. The lowest BCUT2D eigenvalue weighted by molar-refractivity contribution is -0.131. The fraction of sp³-hybridized carbons (Fsp3) is 0.727. The lowest BCUT2D eigenvalue weighted by atomic mass is 9.75. The monoisotopic (exact) mass is 389 g/mol. The van der Waals surface area contributed by atoms with Gasteiger partial charge >= 0.3 is 0 Å². The molecule has 28 heavy (non-hydrogen) atoms. The van der Waals surface area contributed by atoms with Crippen LogP contribution in [-0.2, 0) is 20.8 Å². The predicted molar refractivity (Wildman–Crippen MR) is 110 cm³/mol. The van der Waals surface area contributed by atoms with Crippen molar-refractivity contribution in [1.82, 2.24) is 10.3 Å². The first-order chi connectivity index (χ1) is 13.5. The molecule has 1 N–H and O–H groups in total. The second kappa shape index (κ2) is 10.2. The highest BCUT2D eigenvalue weighted by atomic mass is 16.5. The number of aromatic nitrogens is 1. The van der Waals surface area contributed by atoms with Crippen LogP contribution in [0.4, 0.5) is 5.82 Å². The van der Waals surface area contributed by atoms with Crippen molar-refractivity contribution in [3.8, 4) is 0 Å². The number of nitrogens with zero attached hydrogens (tertiary/aromatic N) is 2. The van der Waals surface area contributed by atoms with Crippen molar-refractivity contribution in [2.75, 3.05) is 37.8 Å². The van der Waals surface area contributed by atoms with Crippen LogP contribution in [0.15, 0.2) is 18.3 Å². The van der Waals surface area contributed by atoms with Crippen molar-refractivity contribution in [3.63, 3.8) is 0 Å². The molecule has 3 atom stereocenters. The average Bonchev–Trinajstić information content (AvgIpc) is 2.71. The summed E-state index contributed by atoms with van der Waals surface area (Å²) < 4.78 is 11.4. The summed E-state index contributed by atoms with van der Waals surface area (Å²) in [5.41, 5.74) is 0.997. The van der Waals surface area contributed by atoms with E-state index >= 15 is 0 Å². The van der Waals surface area contributed by atoms with E-state index in [0.29, 0.717) is 24.3 Å². The Morgan fingerprint density at radius 1 is 1.32 bits per heavy atom. The van der Waals surface area contributed by atoms with Gasteiger partial charge in [-0.15, -0.1) is 0 Å². The zero-order valence-corrected chi connectivity index (χ0v) is 17.5. The Morgan fingerprint density at radius 3 is 2.79 bits per heavy atom. The predicted octanol–water partition coefficient (Wildman–Crippen LogP) is 3.01. The van der Waals surface area contributed by atoms with Gasteiger partial charge in [-0.2, -0.15) is 0 Å². The summed E-state index contributed by atoms with van der Waals surface area (Å²) in [4.78, 5) is 19.0. The Kier molecular flexibility index (Phi) is 7.68. The van der Waals surface area contributed by atoms with E-state index in [1.165, 1.54) is 12.8 Å². The third kappa shape index (κ3) is 5.92. The van der Waals surface area contributed by atoms with Crippen LogP contribution in [0.25, 0.3) is 0 Å². The van der Waals surface area contributed by atoms with E-state index in [-0.39, 0.29) is 18.6 Å². The van der Waals surface area contributed by atoms with E-state index in [2.05, 4.69) is 36.0 Å². The molecule has 156 valence electrons. The number of rotatable bonds is 7. The van der Waals surface area contributed by atoms with Crippen LogP contribution in [0.5, 0.6) is 0 Å². The summed E-state index contributed by atoms with van der Waals surface area (Å²) in [6.07, 6.45) is 5.56. The lowest BCUT2D eigenvalue weighted by Crippen LogP contribution is -2.37. The van der Waals surface area contributed by atoms with Gasteiger partial charge in [-0.05, 0) is 42.2 Å². The molecule has 0 unspecified atom stereocenters. The van der Waals surface area contributed by atoms with Gasteiger partial charge in [0.1, 0.15) is 12.4 Å². The zero-order valence-electron chi connectivity index (χ0n) is 17.5. The van der Waals surface area contributed by atoms with Gasteiger partial charge in [0.25, 0.3) is 0 Å². The first-order valence-corrected chi connectivity index (χ1v) is 10.7. The summed E-state index contributed by atoms with van der Waals surface area (Å²) >= 11 is 0. The van der Waals surface area contributed by atoms with Crippen LogP contribution < -0.4 is 10.2 Å². The summed E-state index contributed by atoms with van der Waals surface area (Å²) in [5, 5.41) is 2.96. The number of amides is 1. The molecule has 1 aliphatic heterocycles. The Bertz CT molecular complexity index is 614. The summed E-state index contributed by atoms with van der Waals surface area (Å²) in [6, 6.07) is 4.04. The highest BCUT2D eigenvalue weighted by Gasteiger charge is 2.31. The molecule has 6 nitrogen and oxygen atoms in total. The minimum Gasteiger partial charge on any atom is -0.378 e. The molecule has 2 fully saturated rings. The summed E-state index contributed by atoms with van der Waals surface area (Å²) in [5.74, 6) is 2.74. The van der Waals surface area contributed by atoms with Crippen molar-refractivity contribution in [1.29, 1.82) is 0 Å². The maximum absolute atomic E-state index is 12.3. The standard InChI is InChI=1S/C22H35N3O3/c1-16(2)19-6-4-17(3)12-20(19)28-15-22(26)24-14-18-5-7-21(23-13-18)25-8-10-27-11-9-25/h5,7,13,16-17,19-20H,4,6,8-12,14-15H2,1-3H3,(H,24,26)/t17-,19+,20+/m1/s1. The molecular weight excluding hydrogens is 354 g/mol. The van der Waals surface area contributed by atoms with Crippen molar-refractivity contribution in [2.45, 2.75) is 52.7 Å². The third-order valence-electron chi connectivity index (χ3n) is 6.02. The molecule has 1 aliphatic carbocycles. The third-order valence-corrected chi connectivity index (χ3v) is 6.02. The van der Waals surface area contributed by atoms with Gasteiger partial charge in [0.05, 0.1) is 19.3 Å². The SMILES string of the molecule is CC(C)[C@@H]1CC[C@@H](C)C[C@@H]1OCC(=O)NCc1ccc(N2CCOCC2)nc1. The molecule has 2 heterocycles. The number of carbonyl (C=O) groups excluding carboxylic acids is 1. The molecule has 3 rings (SSSR count). The van der Waals surface area contributed by atoms with E-state index in [9.17, 15) is 4.79 Å². The molecule has 1 amide bonds. The molecule has 1 saturated heterocycles. The smallest absolute Gasteiger partial charge is 0.246 e. The largest absolute Gasteiger partial charge is 0.378 e. The van der Waals surface area contributed by atoms with Crippen molar-refractivity contribution in [2.24, 2.45) is 17.8 Å². The number of hydrogen-bond acceptors (Lipinski definition) is 5. The molecular formula is C22H35N3O3. The average molecular weight is 390 g/mol. The van der Waals surface area contributed by atoms with Gasteiger partial charge in [-0.3, -0.25) is 4.79 Å². The Morgan fingerprint density at radius 2 is 2.11 bits per heavy atom. The quantitative estimate of drug-likeness (QED) is 0.777. The highest BCUT2D eigenvalue weighted by molar-refractivity contribution is 5.77. The van der Waals surface area contributed by atoms with Gasteiger partial charge in [-0.1, -0.05) is 33.3 Å². The summed E-state index contributed by atoms with van der Waals surface area (Å²) in [7, 11) is 0. The molecule has 1 aromatic rings. The zero-order chi connectivity index (χ0) is 19.9. The minimum absolute atomic E-state index is 0.0574. The Labute approximate surface area is 169 Å². The van der Waals surface area contributed by atoms with Gasteiger partial charge < -0.3 is 19.7 Å². The van der Waals surface area contributed by atoms with Crippen molar-refractivity contribution in [3.05, 3.63) is 23.9 Å². The molecule has 2 aliphatic rings. The number of hydrogen-bond donors (Lipinski definition) is 1. The Balaban J connectivity index is 1.42. The number of anilines is 1. The summed E-state index contributed by atoms with van der Waals surface area (Å²) in [6.45, 7) is 10.6. The maximum Gasteiger partial charge on any atom is 0.246 e. The van der Waals surface area contributed by atoms with Crippen LogP contribution in [0.3, 0.4) is 0 Å². The van der Waals surface area contributed by atoms with E-state index in [1.807, 2.05) is 18.3 Å². The van der Waals surface area contributed by atoms with Crippen LogP contribution in [0.1, 0.15) is 45.6 Å². The van der Waals surface area contributed by atoms with Crippen molar-refractivity contribution >= 4 is 11.7 Å². The fourth-order valence-electron chi connectivity index (χ4n) is 4.24. The maximum atomic E-state index is 12.3. The van der Waals surface area contributed by atoms with E-state index in [4.69, 9.17) is 9.47 Å². The lowest BCUT2D eigenvalue weighted by Gasteiger charge is -2.37. The van der Waals surface area contributed by atoms with Crippen LogP contribution in [0.2, 0.25) is 0 Å². The van der Waals surface area contributed by atoms with Crippen molar-refractivity contribution < 1.29 is 14.3 Å². The van der Waals surface area contributed by atoms with Crippen LogP contribution >= 0.6 is 0 Å². The number of carbonyl (C=O) groups is 1. The number of morpholine rings is 1. The first kappa shape index (κ1) is 21.1. The van der Waals surface area contributed by atoms with Crippen LogP contribution in [-0.4, -0.2) is 49.9 Å². The highest BCUT2D eigenvalue weighted by Crippen LogP contribution is 2.35. The first-order valence-electron chi connectivity index (χ1n) is 10.7. The molecule has 0 radical (unpaired) electrons. The minimum atomic E-state index is -0.0574. The molecule has 1 saturated carbocycles. The molecule has 1 aromatic heterocycles. The van der Waals surface area contributed by atoms with Gasteiger partial charge in [0, 0.05) is 25.8 Å². The molecule has 0 aromatic carbocycles. The van der Waals surface area contributed by atoms with Gasteiger partial charge in [0.15, 0.2) is 0 Å². The molecule has 0 bridgehead atoms. The molecule has 6 heteroatoms. The van der Waals surface area contributed by atoms with Gasteiger partial charge in [0.2, 0.25) is 5.91 Å². The second-order valence-electron chi connectivity index (χ2n) is 8.58.